The predicted molar refractivity (Wildman–Crippen MR) is 90.9 cm³/mol. The largest absolute Gasteiger partial charge is 0.497 e. The van der Waals surface area contributed by atoms with Crippen LogP contribution in [0.2, 0.25) is 0 Å². The van der Waals surface area contributed by atoms with Crippen LogP contribution in [0.4, 0.5) is 5.69 Å². The topological polar surface area (TPSA) is 59.6 Å². The molecule has 5 heteroatoms. The summed E-state index contributed by atoms with van der Waals surface area (Å²) in [6.07, 6.45) is 0.391. The first kappa shape index (κ1) is 16.8. The summed E-state index contributed by atoms with van der Waals surface area (Å²) in [6, 6.07) is 15.4. The van der Waals surface area contributed by atoms with Gasteiger partial charge in [0.15, 0.2) is 0 Å². The maximum absolute atomic E-state index is 12.0. The van der Waals surface area contributed by atoms with Gasteiger partial charge in [-0.25, -0.2) is 0 Å². The SMILES string of the molecule is COc1ccc(NC(=O)CCNCc2ccccc2)c(OC)c1. The van der Waals surface area contributed by atoms with Crippen molar-refractivity contribution in [1.82, 2.24) is 5.32 Å². The van der Waals surface area contributed by atoms with Crippen molar-refractivity contribution in [2.45, 2.75) is 13.0 Å². The standard InChI is InChI=1S/C18H22N2O3/c1-22-15-8-9-16(17(12-15)23-2)20-18(21)10-11-19-13-14-6-4-3-5-7-14/h3-9,12,19H,10-11,13H2,1-2H3,(H,20,21). The highest BCUT2D eigenvalue weighted by Gasteiger charge is 2.08. The van der Waals surface area contributed by atoms with Gasteiger partial charge in [0.25, 0.3) is 0 Å². The van der Waals surface area contributed by atoms with E-state index in [0.29, 0.717) is 30.2 Å². The van der Waals surface area contributed by atoms with Crippen molar-refractivity contribution in [3.8, 4) is 11.5 Å². The number of carbonyl (C=O) groups is 1. The third-order valence-electron chi connectivity index (χ3n) is 3.38. The molecule has 0 radical (unpaired) electrons. The molecule has 0 unspecified atom stereocenters. The number of amides is 1. The number of rotatable bonds is 8. The van der Waals surface area contributed by atoms with Crippen LogP contribution < -0.4 is 20.1 Å². The lowest BCUT2D eigenvalue weighted by Gasteiger charge is -2.12. The maximum atomic E-state index is 12.0. The van der Waals surface area contributed by atoms with Crippen LogP contribution in [0.3, 0.4) is 0 Å². The molecule has 5 nitrogen and oxygen atoms in total. The van der Waals surface area contributed by atoms with Gasteiger partial charge in [0, 0.05) is 25.6 Å². The second-order valence-corrected chi connectivity index (χ2v) is 5.03. The van der Waals surface area contributed by atoms with E-state index >= 15 is 0 Å². The zero-order valence-electron chi connectivity index (χ0n) is 13.5. The monoisotopic (exact) mass is 314 g/mol. The Labute approximate surface area is 136 Å². The summed E-state index contributed by atoms with van der Waals surface area (Å²) in [5.41, 5.74) is 1.84. The number of methoxy groups -OCH3 is 2. The van der Waals surface area contributed by atoms with E-state index in [9.17, 15) is 4.79 Å². The Morgan fingerprint density at radius 1 is 1.04 bits per heavy atom. The van der Waals surface area contributed by atoms with E-state index in [1.54, 1.807) is 32.4 Å². The Balaban J connectivity index is 1.78. The van der Waals surface area contributed by atoms with E-state index < -0.39 is 0 Å². The highest BCUT2D eigenvalue weighted by Crippen LogP contribution is 2.28. The van der Waals surface area contributed by atoms with Crippen LogP contribution in [0.25, 0.3) is 0 Å². The molecule has 2 aromatic rings. The van der Waals surface area contributed by atoms with Crippen LogP contribution in [0.15, 0.2) is 48.5 Å². The van der Waals surface area contributed by atoms with Crippen molar-refractivity contribution < 1.29 is 14.3 Å². The molecule has 2 N–H and O–H groups in total. The predicted octanol–water partition coefficient (Wildman–Crippen LogP) is 2.82. The lowest BCUT2D eigenvalue weighted by atomic mass is 10.2. The Kier molecular flexibility index (Phi) is 6.44. The normalized spacial score (nSPS) is 10.2. The van der Waals surface area contributed by atoms with E-state index in [1.165, 1.54) is 5.56 Å². The summed E-state index contributed by atoms with van der Waals surface area (Å²) in [6.45, 7) is 1.36. The quantitative estimate of drug-likeness (QED) is 0.736. The van der Waals surface area contributed by atoms with E-state index in [2.05, 4.69) is 22.8 Å². The molecule has 0 spiro atoms. The van der Waals surface area contributed by atoms with Crippen molar-refractivity contribution in [2.24, 2.45) is 0 Å². The highest BCUT2D eigenvalue weighted by molar-refractivity contribution is 5.92. The first-order valence-corrected chi connectivity index (χ1v) is 7.49. The summed E-state index contributed by atoms with van der Waals surface area (Å²) < 4.78 is 10.4. The second kappa shape index (κ2) is 8.80. The van der Waals surface area contributed by atoms with Crippen LogP contribution in [-0.2, 0) is 11.3 Å². The molecule has 0 saturated carbocycles. The van der Waals surface area contributed by atoms with E-state index in [4.69, 9.17) is 9.47 Å². The maximum Gasteiger partial charge on any atom is 0.225 e. The van der Waals surface area contributed by atoms with Gasteiger partial charge in [0.05, 0.1) is 19.9 Å². The zero-order chi connectivity index (χ0) is 16.5. The molecule has 1 amide bonds. The van der Waals surface area contributed by atoms with Gasteiger partial charge < -0.3 is 20.1 Å². The van der Waals surface area contributed by atoms with Gasteiger partial charge in [0.1, 0.15) is 11.5 Å². The Morgan fingerprint density at radius 2 is 1.83 bits per heavy atom. The molecule has 0 heterocycles. The summed E-state index contributed by atoms with van der Waals surface area (Å²) >= 11 is 0. The van der Waals surface area contributed by atoms with E-state index in [-0.39, 0.29) is 5.91 Å². The average molecular weight is 314 g/mol. The summed E-state index contributed by atoms with van der Waals surface area (Å²) in [4.78, 5) is 12.0. The van der Waals surface area contributed by atoms with Crippen LogP contribution in [0.1, 0.15) is 12.0 Å². The number of hydrogen-bond acceptors (Lipinski definition) is 4. The molecule has 0 atom stereocenters. The number of anilines is 1. The Hall–Kier alpha value is -2.53. The van der Waals surface area contributed by atoms with Gasteiger partial charge in [-0.1, -0.05) is 30.3 Å². The number of benzene rings is 2. The smallest absolute Gasteiger partial charge is 0.225 e. The Bertz CT molecular complexity index is 629. The molecule has 0 bridgehead atoms. The van der Waals surface area contributed by atoms with Gasteiger partial charge in [0.2, 0.25) is 5.91 Å². The third-order valence-corrected chi connectivity index (χ3v) is 3.38. The van der Waals surface area contributed by atoms with Gasteiger partial charge in [-0.2, -0.15) is 0 Å². The minimum Gasteiger partial charge on any atom is -0.497 e. The van der Waals surface area contributed by atoms with Crippen molar-refractivity contribution in [2.75, 3.05) is 26.1 Å². The molecule has 0 fully saturated rings. The average Bonchev–Trinajstić information content (AvgIpc) is 2.60. The molecule has 0 aliphatic rings. The molecule has 0 aromatic heterocycles. The number of nitrogens with one attached hydrogen (secondary N) is 2. The van der Waals surface area contributed by atoms with Crippen molar-refractivity contribution in [3.63, 3.8) is 0 Å². The minimum atomic E-state index is -0.0611. The fraction of sp³-hybridized carbons (Fsp3) is 0.278. The van der Waals surface area contributed by atoms with Crippen molar-refractivity contribution in [3.05, 3.63) is 54.1 Å². The first-order valence-electron chi connectivity index (χ1n) is 7.49. The molecule has 0 aliphatic carbocycles. The van der Waals surface area contributed by atoms with Crippen LogP contribution in [0.5, 0.6) is 11.5 Å². The molecular formula is C18H22N2O3. The fourth-order valence-electron chi connectivity index (χ4n) is 2.14. The third kappa shape index (κ3) is 5.30. The van der Waals surface area contributed by atoms with E-state index in [0.717, 1.165) is 6.54 Å². The van der Waals surface area contributed by atoms with Gasteiger partial charge >= 0.3 is 0 Å². The van der Waals surface area contributed by atoms with E-state index in [1.807, 2.05) is 18.2 Å². The van der Waals surface area contributed by atoms with Crippen LogP contribution >= 0.6 is 0 Å². The van der Waals surface area contributed by atoms with Crippen molar-refractivity contribution in [1.29, 1.82) is 0 Å². The lowest BCUT2D eigenvalue weighted by Crippen LogP contribution is -2.21. The summed E-state index contributed by atoms with van der Waals surface area (Å²) in [7, 11) is 3.15. The molecule has 0 saturated heterocycles. The summed E-state index contributed by atoms with van der Waals surface area (Å²) in [5.74, 6) is 1.20. The molecule has 122 valence electrons. The molecule has 2 rings (SSSR count). The number of carbonyl (C=O) groups excluding carboxylic acids is 1. The fourth-order valence-corrected chi connectivity index (χ4v) is 2.14. The summed E-state index contributed by atoms with van der Waals surface area (Å²) in [5, 5.41) is 6.11. The van der Waals surface area contributed by atoms with Gasteiger partial charge in [-0.15, -0.1) is 0 Å². The lowest BCUT2D eigenvalue weighted by molar-refractivity contribution is -0.116. The molecule has 2 aromatic carbocycles. The highest BCUT2D eigenvalue weighted by atomic mass is 16.5. The minimum absolute atomic E-state index is 0.0611. The van der Waals surface area contributed by atoms with Crippen molar-refractivity contribution >= 4 is 11.6 Å². The Morgan fingerprint density at radius 3 is 2.52 bits per heavy atom. The van der Waals surface area contributed by atoms with Crippen LogP contribution in [-0.4, -0.2) is 26.7 Å². The number of hydrogen-bond donors (Lipinski definition) is 2. The first-order chi connectivity index (χ1) is 11.2. The second-order valence-electron chi connectivity index (χ2n) is 5.03. The van der Waals surface area contributed by atoms with Crippen LogP contribution in [0, 0.1) is 0 Å². The zero-order valence-corrected chi connectivity index (χ0v) is 13.5. The van der Waals surface area contributed by atoms with Gasteiger partial charge in [-0.3, -0.25) is 4.79 Å². The number of ether oxygens (including phenoxy) is 2. The molecule has 0 aliphatic heterocycles. The van der Waals surface area contributed by atoms with Gasteiger partial charge in [-0.05, 0) is 17.7 Å². The molecular weight excluding hydrogens is 292 g/mol. The molecule has 23 heavy (non-hydrogen) atoms.